The minimum atomic E-state index is -0.202. The molecule has 25 heavy (non-hydrogen) atoms. The van der Waals surface area contributed by atoms with Crippen LogP contribution in [0.25, 0.3) is 23.2 Å². The average Bonchev–Trinajstić information content (AvgIpc) is 2.67. The van der Waals surface area contributed by atoms with Crippen molar-refractivity contribution in [3.8, 4) is 23.2 Å². The highest BCUT2D eigenvalue weighted by atomic mass is 35.5. The van der Waals surface area contributed by atoms with Gasteiger partial charge in [-0.3, -0.25) is 9.78 Å². The van der Waals surface area contributed by atoms with E-state index in [2.05, 4.69) is 46.4 Å². The molecule has 0 aromatic carbocycles. The van der Waals surface area contributed by atoms with Crippen molar-refractivity contribution in [1.29, 1.82) is 0 Å². The molecule has 3 heterocycles. The van der Waals surface area contributed by atoms with E-state index in [9.17, 15) is 4.79 Å². The predicted octanol–water partition coefficient (Wildman–Crippen LogP) is -4.24. The zero-order chi connectivity index (χ0) is 16.8. The fourth-order valence-electron chi connectivity index (χ4n) is 1.80. The molecule has 10 nitrogen and oxygen atoms in total. The predicted molar refractivity (Wildman–Crippen MR) is 82.0 cm³/mol. The highest BCUT2D eigenvalue weighted by molar-refractivity contribution is 5.94. The number of hydrogen-bond acceptors (Lipinski definition) is 8. The maximum Gasteiger partial charge on any atom is 0.253 e. The Morgan fingerprint density at radius 3 is 2.24 bits per heavy atom. The monoisotopic (exact) mass is 359 g/mol. The van der Waals surface area contributed by atoms with Crippen molar-refractivity contribution in [3.63, 3.8) is 0 Å². The van der Waals surface area contributed by atoms with E-state index in [0.717, 1.165) is 0 Å². The third-order valence-corrected chi connectivity index (χ3v) is 2.96. The molecule has 0 radical (unpaired) electrons. The van der Waals surface area contributed by atoms with Gasteiger partial charge in [-0.1, -0.05) is 0 Å². The van der Waals surface area contributed by atoms with Crippen molar-refractivity contribution in [3.05, 3.63) is 42.4 Å². The van der Waals surface area contributed by atoms with Gasteiger partial charge in [0, 0.05) is 18.6 Å². The second-order valence-electron chi connectivity index (χ2n) is 4.66. The molecule has 0 spiro atoms. The van der Waals surface area contributed by atoms with E-state index < -0.39 is 0 Å². The lowest BCUT2D eigenvalue weighted by atomic mass is 10.2. The van der Waals surface area contributed by atoms with Crippen LogP contribution in [0.4, 0.5) is 0 Å². The first-order chi connectivity index (χ1) is 11.8. The molecule has 0 bridgehead atoms. The Bertz CT molecular complexity index is 812. The third kappa shape index (κ3) is 4.46. The Morgan fingerprint density at radius 2 is 1.64 bits per heavy atom. The van der Waals surface area contributed by atoms with Gasteiger partial charge >= 0.3 is 0 Å². The summed E-state index contributed by atoms with van der Waals surface area (Å²) in [6, 6.07) is 4.96. The van der Waals surface area contributed by atoms with Gasteiger partial charge in [0.1, 0.15) is 5.69 Å². The zero-order valence-corrected chi connectivity index (χ0v) is 13.8. The molecule has 0 aliphatic carbocycles. The summed E-state index contributed by atoms with van der Waals surface area (Å²) in [6.45, 7) is 1.14. The van der Waals surface area contributed by atoms with Crippen LogP contribution in [-0.2, 0) is 0 Å². The molecule has 0 fully saturated rings. The van der Waals surface area contributed by atoms with Crippen molar-refractivity contribution in [1.82, 2.24) is 40.7 Å². The molecule has 128 valence electrons. The first-order valence-corrected chi connectivity index (χ1v) is 7.16. The molecule has 3 rings (SSSR count). The maximum absolute atomic E-state index is 11.8. The quantitative estimate of drug-likeness (QED) is 0.465. The summed E-state index contributed by atoms with van der Waals surface area (Å²) in [4.78, 5) is 24.0. The van der Waals surface area contributed by atoms with Gasteiger partial charge in [-0.05, 0) is 18.2 Å². The average molecular weight is 360 g/mol. The van der Waals surface area contributed by atoms with E-state index in [1.54, 1.807) is 30.6 Å². The van der Waals surface area contributed by atoms with Crippen molar-refractivity contribution in [2.75, 3.05) is 13.1 Å². The summed E-state index contributed by atoms with van der Waals surface area (Å²) < 4.78 is 0. The molecular formula is C14H14ClN9O. The number of carbonyl (C=O) groups is 1. The second kappa shape index (κ2) is 8.66. The van der Waals surface area contributed by atoms with Gasteiger partial charge < -0.3 is 23.5 Å². The van der Waals surface area contributed by atoms with Crippen LogP contribution in [0.2, 0.25) is 0 Å². The summed E-state index contributed by atoms with van der Waals surface area (Å²) in [7, 11) is 0. The molecule has 0 unspecified atom stereocenters. The largest absolute Gasteiger partial charge is 1.00 e. The highest BCUT2D eigenvalue weighted by Gasteiger charge is 2.11. The first-order valence-electron chi connectivity index (χ1n) is 7.16. The van der Waals surface area contributed by atoms with E-state index in [1.807, 2.05) is 0 Å². The highest BCUT2D eigenvalue weighted by Crippen LogP contribution is 2.12. The zero-order valence-electron chi connectivity index (χ0n) is 13.0. The summed E-state index contributed by atoms with van der Waals surface area (Å²) in [5.41, 5.74) is 4.57. The van der Waals surface area contributed by atoms with E-state index in [1.165, 1.54) is 6.20 Å². The van der Waals surface area contributed by atoms with Gasteiger partial charge in [0.25, 0.3) is 5.91 Å². The smallest absolute Gasteiger partial charge is 0.253 e. The fourth-order valence-corrected chi connectivity index (χ4v) is 1.80. The Kier molecular flexibility index (Phi) is 6.32. The number of amides is 1. The Balaban J connectivity index is 0.00000225. The topological polar surface area (TPSA) is 147 Å². The second-order valence-corrected chi connectivity index (χ2v) is 4.66. The summed E-state index contributed by atoms with van der Waals surface area (Å²) >= 11 is 0. The number of pyridine rings is 1. The van der Waals surface area contributed by atoms with Gasteiger partial charge in [-0.2, -0.15) is 0 Å². The van der Waals surface area contributed by atoms with Gasteiger partial charge in [-0.25, -0.2) is 9.97 Å². The fraction of sp³-hybridized carbons (Fsp3) is 0.143. The van der Waals surface area contributed by atoms with Crippen molar-refractivity contribution in [2.45, 2.75) is 0 Å². The molecule has 3 aromatic heterocycles. The lowest BCUT2D eigenvalue weighted by Gasteiger charge is -2.03. The number of aromatic nitrogens is 7. The minimum Gasteiger partial charge on any atom is -1.00 e. The Hall–Kier alpha value is -3.11. The SMILES string of the molecule is [Cl-].[NH3+]CCNC(=O)c1ccc(-c2nnc(-c3ncccn3)nn2)nc1. The molecule has 4 N–H and O–H groups in total. The standard InChI is InChI=1S/C14H13N9O.ClH/c15-4-7-18-14(24)9-2-3-10(19-8-9)11-20-22-13(23-21-11)12-16-5-1-6-17-12;/h1-3,5-6,8H,4,7,15H2,(H,18,24);1H. The lowest BCUT2D eigenvalue weighted by molar-refractivity contribution is -0.364. The maximum atomic E-state index is 11.8. The summed E-state index contributed by atoms with van der Waals surface area (Å²) in [6.07, 6.45) is 4.62. The molecular weight excluding hydrogens is 346 g/mol. The van der Waals surface area contributed by atoms with Crippen molar-refractivity contribution >= 4 is 5.91 Å². The van der Waals surface area contributed by atoms with Crippen LogP contribution in [0.15, 0.2) is 36.8 Å². The molecule has 0 saturated heterocycles. The van der Waals surface area contributed by atoms with Crippen LogP contribution in [-0.4, -0.2) is 54.3 Å². The molecule has 0 atom stereocenters. The lowest BCUT2D eigenvalue weighted by Crippen LogP contribution is -3.00. The molecule has 11 heteroatoms. The van der Waals surface area contributed by atoms with Crippen LogP contribution in [0.3, 0.4) is 0 Å². The van der Waals surface area contributed by atoms with E-state index in [4.69, 9.17) is 0 Å². The minimum absolute atomic E-state index is 0. The van der Waals surface area contributed by atoms with Crippen LogP contribution >= 0.6 is 0 Å². The number of hydrogen-bond donors (Lipinski definition) is 2. The molecule has 1 amide bonds. The Morgan fingerprint density at radius 1 is 0.960 bits per heavy atom. The molecule has 0 aliphatic heterocycles. The van der Waals surface area contributed by atoms with Gasteiger partial charge in [0.2, 0.25) is 17.5 Å². The summed E-state index contributed by atoms with van der Waals surface area (Å²) in [5, 5.41) is 18.6. The van der Waals surface area contributed by atoms with Gasteiger partial charge in [0.15, 0.2) is 0 Å². The van der Waals surface area contributed by atoms with Crippen LogP contribution in [0.1, 0.15) is 10.4 Å². The Labute approximate surface area is 148 Å². The van der Waals surface area contributed by atoms with E-state index in [-0.39, 0.29) is 30.0 Å². The third-order valence-electron chi connectivity index (χ3n) is 2.96. The van der Waals surface area contributed by atoms with Gasteiger partial charge in [0.05, 0.1) is 18.7 Å². The van der Waals surface area contributed by atoms with Crippen molar-refractivity contribution in [2.24, 2.45) is 0 Å². The van der Waals surface area contributed by atoms with E-state index in [0.29, 0.717) is 30.2 Å². The number of nitrogens with zero attached hydrogens (tertiary/aromatic N) is 7. The number of rotatable bonds is 5. The molecule has 3 aromatic rings. The number of quaternary nitrogens is 1. The van der Waals surface area contributed by atoms with Gasteiger partial charge in [-0.15, -0.1) is 20.4 Å². The molecule has 0 aliphatic rings. The van der Waals surface area contributed by atoms with Crippen LogP contribution < -0.4 is 23.5 Å². The number of nitrogens with one attached hydrogen (secondary N) is 1. The first kappa shape index (κ1) is 18.2. The van der Waals surface area contributed by atoms with Crippen LogP contribution in [0.5, 0.6) is 0 Å². The van der Waals surface area contributed by atoms with E-state index >= 15 is 0 Å². The number of halogens is 1. The number of carbonyl (C=O) groups excluding carboxylic acids is 1. The van der Waals surface area contributed by atoms with Crippen LogP contribution in [0, 0.1) is 0 Å². The summed E-state index contributed by atoms with van der Waals surface area (Å²) in [5.74, 6) is 0.615. The molecule has 0 saturated carbocycles. The van der Waals surface area contributed by atoms with Crippen molar-refractivity contribution < 1.29 is 22.9 Å². The normalized spacial score (nSPS) is 9.96.